The molecule has 0 aromatic rings. The predicted octanol–water partition coefficient (Wildman–Crippen LogP) is -4.43. The number of nitrogens with two attached hydrogens (primary N) is 2. The molecular formula is C22H34N6O14S2. The number of carboxylic acid groups (broad SMARTS) is 4. The Kier molecular flexibility index (Phi) is 23.0. The summed E-state index contributed by atoms with van der Waals surface area (Å²) >= 11 is 1.46. The Labute approximate surface area is 257 Å². The zero-order valence-electron chi connectivity index (χ0n) is 23.0. The number of nitrogens with one attached hydrogen (secondary N) is 4. The van der Waals surface area contributed by atoms with Gasteiger partial charge in [0.2, 0.25) is 23.6 Å². The molecule has 0 radical (unpaired) electrons. The molecule has 0 rings (SSSR count). The van der Waals surface area contributed by atoms with Crippen molar-refractivity contribution in [3.05, 3.63) is 0 Å². The molecule has 22 heteroatoms. The van der Waals surface area contributed by atoms with Crippen LogP contribution in [0.2, 0.25) is 0 Å². The van der Waals surface area contributed by atoms with Crippen molar-refractivity contribution in [2.45, 2.75) is 49.9 Å². The number of carbonyl (C=O) groups is 10. The molecule has 0 aliphatic rings. The van der Waals surface area contributed by atoms with E-state index in [2.05, 4.69) is 21.3 Å². The van der Waals surface area contributed by atoms with Crippen molar-refractivity contribution in [3.63, 3.8) is 0 Å². The Bertz CT molecular complexity index is 967. The molecule has 4 amide bonds. The third-order valence-electron chi connectivity index (χ3n) is 4.79. The predicted molar refractivity (Wildman–Crippen MR) is 153 cm³/mol. The van der Waals surface area contributed by atoms with Gasteiger partial charge in [-0.15, -0.1) is 0 Å². The summed E-state index contributed by atoms with van der Waals surface area (Å²) in [5, 5.41) is 42.9. The zero-order chi connectivity index (χ0) is 34.2. The molecule has 0 aromatic carbocycles. The second kappa shape index (κ2) is 24.2. The number of carboxylic acids is 4. The highest BCUT2D eigenvalue weighted by Gasteiger charge is 2.23. The molecule has 0 saturated heterocycles. The molecule has 0 fully saturated rings. The average molecular weight is 671 g/mol. The van der Waals surface area contributed by atoms with Crippen LogP contribution in [0.4, 0.5) is 0 Å². The number of thioether (sulfide) groups is 2. The molecular weight excluding hydrogens is 636 g/mol. The van der Waals surface area contributed by atoms with Crippen LogP contribution in [0.1, 0.15) is 25.7 Å². The van der Waals surface area contributed by atoms with Crippen molar-refractivity contribution in [3.8, 4) is 0 Å². The van der Waals surface area contributed by atoms with Gasteiger partial charge in [-0.1, -0.05) is 23.5 Å². The summed E-state index contributed by atoms with van der Waals surface area (Å²) in [6, 6.07) is -4.62. The topological polar surface area (TPSA) is 352 Å². The van der Waals surface area contributed by atoms with Gasteiger partial charge in [0, 0.05) is 24.3 Å². The SMILES string of the molecule is NC(CCC(=O)NC(CSC=O)C(=O)NCC(=O)O)C(=O)O.NC(CCC(=O)NC(CSC=O)C(=O)NCC(=O)O)C(=O)O. The molecule has 12 N–H and O–H groups in total. The van der Waals surface area contributed by atoms with Gasteiger partial charge in [0.15, 0.2) is 11.2 Å². The number of carbonyl (C=O) groups excluding carboxylic acids is 6. The Morgan fingerprint density at radius 3 is 1.18 bits per heavy atom. The molecule has 0 heterocycles. The van der Waals surface area contributed by atoms with Crippen LogP contribution >= 0.6 is 23.5 Å². The molecule has 0 aliphatic heterocycles. The second-order valence-electron chi connectivity index (χ2n) is 8.29. The molecule has 4 unspecified atom stereocenters. The molecule has 0 aromatic heterocycles. The summed E-state index contributed by atoms with van der Waals surface area (Å²) in [6.07, 6.45) is -0.680. The van der Waals surface area contributed by atoms with Crippen molar-refractivity contribution in [2.75, 3.05) is 24.6 Å². The van der Waals surface area contributed by atoms with Crippen molar-refractivity contribution >= 4 is 82.3 Å². The molecule has 0 spiro atoms. The largest absolute Gasteiger partial charge is 0.480 e. The fraction of sp³-hybridized carbons (Fsp3) is 0.545. The first-order valence-electron chi connectivity index (χ1n) is 12.2. The molecule has 0 aliphatic carbocycles. The van der Waals surface area contributed by atoms with E-state index in [9.17, 15) is 47.9 Å². The minimum absolute atomic E-state index is 0.0777. The smallest absolute Gasteiger partial charge is 0.322 e. The summed E-state index contributed by atoms with van der Waals surface area (Å²) in [5.41, 5.74) is 11.4. The fourth-order valence-corrected chi connectivity index (χ4v) is 3.57. The summed E-state index contributed by atoms with van der Waals surface area (Å²) in [6.45, 7) is -1.25. The van der Waals surface area contributed by atoms with E-state index in [1.807, 2.05) is 0 Å². The van der Waals surface area contributed by atoms with Crippen molar-refractivity contribution in [1.82, 2.24) is 21.3 Å². The maximum absolute atomic E-state index is 11.7. The first-order valence-corrected chi connectivity index (χ1v) is 14.3. The van der Waals surface area contributed by atoms with Gasteiger partial charge in [-0.2, -0.15) is 0 Å². The van der Waals surface area contributed by atoms with E-state index in [1.165, 1.54) is 0 Å². The molecule has 0 saturated carbocycles. The van der Waals surface area contributed by atoms with Gasteiger partial charge in [0.1, 0.15) is 37.3 Å². The normalized spacial score (nSPS) is 12.8. The lowest BCUT2D eigenvalue weighted by Crippen LogP contribution is -2.49. The van der Waals surface area contributed by atoms with Gasteiger partial charge in [-0.3, -0.25) is 47.9 Å². The Hall–Kier alpha value is -4.28. The first-order chi connectivity index (χ1) is 20.5. The van der Waals surface area contributed by atoms with Crippen LogP contribution < -0.4 is 32.7 Å². The van der Waals surface area contributed by atoms with Crippen LogP contribution in [0.5, 0.6) is 0 Å². The summed E-state index contributed by atoms with van der Waals surface area (Å²) < 4.78 is 0. The van der Waals surface area contributed by atoms with E-state index in [1.54, 1.807) is 0 Å². The number of amides is 4. The van der Waals surface area contributed by atoms with E-state index < -0.39 is 84.8 Å². The van der Waals surface area contributed by atoms with E-state index in [-0.39, 0.29) is 37.2 Å². The third-order valence-corrected chi connectivity index (χ3v) is 6.12. The van der Waals surface area contributed by atoms with E-state index >= 15 is 0 Å². The summed E-state index contributed by atoms with van der Waals surface area (Å²) in [7, 11) is 0. The second-order valence-corrected chi connectivity index (χ2v) is 10.0. The minimum Gasteiger partial charge on any atom is -0.480 e. The number of hydrogen-bond acceptors (Lipinski definition) is 14. The average Bonchev–Trinajstić information content (AvgIpc) is 2.96. The zero-order valence-corrected chi connectivity index (χ0v) is 24.6. The monoisotopic (exact) mass is 670 g/mol. The standard InChI is InChI=1S/2C11H17N3O7S/c2*12-6(11(20)21)1-2-8(16)14-7(4-22-5-15)10(19)13-3-9(17)18/h2*5-7H,1-4,12H2,(H,13,19)(H,14,16)(H,17,18)(H,20,21). The summed E-state index contributed by atoms with van der Waals surface area (Å²) in [5.74, 6) is -7.93. The third kappa shape index (κ3) is 22.3. The maximum Gasteiger partial charge on any atom is 0.322 e. The quantitative estimate of drug-likeness (QED) is 0.0486. The van der Waals surface area contributed by atoms with Crippen molar-refractivity contribution < 1.29 is 68.4 Å². The Morgan fingerprint density at radius 2 is 0.932 bits per heavy atom. The van der Waals surface area contributed by atoms with Gasteiger partial charge in [-0.05, 0) is 12.8 Å². The number of rotatable bonds is 22. The fourth-order valence-electron chi connectivity index (χ4n) is 2.56. The summed E-state index contributed by atoms with van der Waals surface area (Å²) in [4.78, 5) is 109. The Balaban J connectivity index is 0. The van der Waals surface area contributed by atoms with Crippen LogP contribution in [0, 0.1) is 0 Å². The molecule has 248 valence electrons. The van der Waals surface area contributed by atoms with Gasteiger partial charge in [-0.25, -0.2) is 0 Å². The van der Waals surface area contributed by atoms with Crippen molar-refractivity contribution in [2.24, 2.45) is 11.5 Å². The van der Waals surface area contributed by atoms with Gasteiger partial charge < -0.3 is 53.2 Å². The van der Waals surface area contributed by atoms with Gasteiger partial charge in [0.05, 0.1) is 0 Å². The first kappa shape index (κ1) is 41.9. The lowest BCUT2D eigenvalue weighted by Gasteiger charge is -2.17. The molecule has 44 heavy (non-hydrogen) atoms. The maximum atomic E-state index is 11.7. The Morgan fingerprint density at radius 1 is 0.614 bits per heavy atom. The van der Waals surface area contributed by atoms with Gasteiger partial charge >= 0.3 is 23.9 Å². The highest BCUT2D eigenvalue weighted by molar-refractivity contribution is 8.12. The van der Waals surface area contributed by atoms with Crippen LogP contribution in [-0.2, 0) is 47.9 Å². The van der Waals surface area contributed by atoms with Gasteiger partial charge in [0.25, 0.3) is 0 Å². The van der Waals surface area contributed by atoms with Crippen LogP contribution in [0.15, 0.2) is 0 Å². The molecule has 4 atom stereocenters. The number of aliphatic carboxylic acids is 4. The lowest BCUT2D eigenvalue weighted by molar-refractivity contribution is -0.140. The van der Waals surface area contributed by atoms with Crippen LogP contribution in [0.25, 0.3) is 0 Å². The minimum atomic E-state index is -1.26. The number of hydrogen-bond donors (Lipinski definition) is 10. The highest BCUT2D eigenvalue weighted by Crippen LogP contribution is 2.03. The van der Waals surface area contributed by atoms with Crippen LogP contribution in [0.3, 0.4) is 0 Å². The van der Waals surface area contributed by atoms with E-state index in [0.717, 1.165) is 23.5 Å². The lowest BCUT2D eigenvalue weighted by atomic mass is 10.1. The molecule has 0 bridgehead atoms. The highest BCUT2D eigenvalue weighted by atomic mass is 32.2. The van der Waals surface area contributed by atoms with Crippen molar-refractivity contribution in [1.29, 1.82) is 0 Å². The molecule has 20 nitrogen and oxygen atoms in total. The van der Waals surface area contributed by atoms with E-state index in [0.29, 0.717) is 11.2 Å². The van der Waals surface area contributed by atoms with Crippen LogP contribution in [-0.4, -0.2) is 128 Å². The van der Waals surface area contributed by atoms with E-state index in [4.69, 9.17) is 31.9 Å².